The molecule has 0 radical (unpaired) electrons. The van der Waals surface area contributed by atoms with Gasteiger partial charge in [-0.1, -0.05) is 40.0 Å². The summed E-state index contributed by atoms with van der Waals surface area (Å²) >= 11 is 0. The molecule has 0 saturated heterocycles. The zero-order valence-electron chi connectivity index (χ0n) is 13.5. The maximum atomic E-state index is 13.1. The number of nitrogens with zero attached hydrogens (tertiary/aromatic N) is 1. The van der Waals surface area contributed by atoms with Crippen LogP contribution in [0.3, 0.4) is 0 Å². The fraction of sp³-hybridized carbons (Fsp3) is 0.857. The lowest BCUT2D eigenvalue weighted by Crippen LogP contribution is -2.40. The number of hydrogen-bond donors (Lipinski definition) is 1. The maximum Gasteiger partial charge on any atom is 0.423 e. The number of amides is 3. The zero-order valence-corrected chi connectivity index (χ0v) is 14.4. The molecule has 0 aromatic carbocycles. The molecular formula is C14H29N2O4P. The van der Waals surface area contributed by atoms with Crippen LogP contribution in [0.25, 0.3) is 0 Å². The molecule has 3 amide bonds. The van der Waals surface area contributed by atoms with E-state index in [1.54, 1.807) is 0 Å². The molecule has 0 aliphatic rings. The highest BCUT2D eigenvalue weighted by molar-refractivity contribution is 7.62. The SMILES string of the molecule is CCCCOC(=O)N(C(N)=O)P(=O)(CCCC)CCCC. The van der Waals surface area contributed by atoms with Crippen molar-refractivity contribution in [3.63, 3.8) is 0 Å². The number of carbonyl (C=O) groups excluding carboxylic acids is 2. The zero-order chi connectivity index (χ0) is 16.3. The summed E-state index contributed by atoms with van der Waals surface area (Å²) in [4.78, 5) is 23.7. The largest absolute Gasteiger partial charge is 0.449 e. The molecule has 0 heterocycles. The molecule has 0 saturated carbocycles. The number of carbonyl (C=O) groups is 2. The van der Waals surface area contributed by atoms with Gasteiger partial charge in [-0.15, -0.1) is 0 Å². The van der Waals surface area contributed by atoms with Crippen LogP contribution < -0.4 is 5.73 Å². The molecule has 21 heavy (non-hydrogen) atoms. The lowest BCUT2D eigenvalue weighted by atomic mass is 10.4. The average Bonchev–Trinajstić information content (AvgIpc) is 2.43. The number of rotatable bonds is 10. The molecule has 0 fully saturated rings. The minimum absolute atomic E-state index is 0.209. The van der Waals surface area contributed by atoms with E-state index in [0.29, 0.717) is 36.3 Å². The molecule has 0 aliphatic carbocycles. The van der Waals surface area contributed by atoms with Gasteiger partial charge < -0.3 is 10.5 Å². The van der Waals surface area contributed by atoms with Crippen molar-refractivity contribution in [1.29, 1.82) is 0 Å². The summed E-state index contributed by atoms with van der Waals surface area (Å²) in [5.74, 6) is 0. The van der Waals surface area contributed by atoms with E-state index in [4.69, 9.17) is 10.5 Å². The van der Waals surface area contributed by atoms with Gasteiger partial charge in [0.25, 0.3) is 0 Å². The van der Waals surface area contributed by atoms with Crippen LogP contribution in [-0.2, 0) is 9.30 Å². The Morgan fingerprint density at radius 1 is 1.00 bits per heavy atom. The van der Waals surface area contributed by atoms with Crippen LogP contribution in [0.5, 0.6) is 0 Å². The molecule has 6 nitrogen and oxygen atoms in total. The van der Waals surface area contributed by atoms with E-state index in [2.05, 4.69) is 0 Å². The molecule has 7 heteroatoms. The van der Waals surface area contributed by atoms with Gasteiger partial charge in [0.05, 0.1) is 6.61 Å². The van der Waals surface area contributed by atoms with E-state index < -0.39 is 19.4 Å². The predicted octanol–water partition coefficient (Wildman–Crippen LogP) is 4.18. The topological polar surface area (TPSA) is 89.7 Å². The Morgan fingerprint density at radius 2 is 1.48 bits per heavy atom. The first-order chi connectivity index (χ1) is 9.92. The van der Waals surface area contributed by atoms with Crippen LogP contribution in [0.4, 0.5) is 9.59 Å². The number of urea groups is 1. The highest BCUT2D eigenvalue weighted by Gasteiger charge is 2.38. The summed E-state index contributed by atoms with van der Waals surface area (Å²) in [5, 5.41) is 0. The van der Waals surface area contributed by atoms with Gasteiger partial charge in [0.15, 0.2) is 7.29 Å². The van der Waals surface area contributed by atoms with E-state index >= 15 is 0 Å². The van der Waals surface area contributed by atoms with E-state index in [1.807, 2.05) is 20.8 Å². The van der Waals surface area contributed by atoms with Crippen molar-refractivity contribution in [1.82, 2.24) is 4.67 Å². The van der Waals surface area contributed by atoms with Gasteiger partial charge in [0.1, 0.15) is 0 Å². The van der Waals surface area contributed by atoms with Crippen LogP contribution in [0.15, 0.2) is 0 Å². The Hall–Kier alpha value is -1.03. The second-order valence-electron chi connectivity index (χ2n) is 5.12. The second-order valence-corrected chi connectivity index (χ2v) is 8.11. The number of hydrogen-bond acceptors (Lipinski definition) is 4. The number of imide groups is 1. The summed E-state index contributed by atoms with van der Waals surface area (Å²) in [6, 6.07) is -0.980. The van der Waals surface area contributed by atoms with Crippen molar-refractivity contribution in [3.05, 3.63) is 0 Å². The molecular weight excluding hydrogens is 291 g/mol. The summed E-state index contributed by atoms with van der Waals surface area (Å²) in [5.41, 5.74) is 5.29. The fourth-order valence-electron chi connectivity index (χ4n) is 1.91. The van der Waals surface area contributed by atoms with Gasteiger partial charge in [-0.05, 0) is 19.3 Å². The minimum atomic E-state index is -3.14. The van der Waals surface area contributed by atoms with E-state index in [-0.39, 0.29) is 6.61 Å². The van der Waals surface area contributed by atoms with Crippen molar-refractivity contribution in [2.24, 2.45) is 5.73 Å². The lowest BCUT2D eigenvalue weighted by Gasteiger charge is -2.28. The first-order valence-corrected chi connectivity index (χ1v) is 9.80. The molecule has 124 valence electrons. The monoisotopic (exact) mass is 320 g/mol. The molecule has 2 N–H and O–H groups in total. The van der Waals surface area contributed by atoms with E-state index in [0.717, 1.165) is 19.3 Å². The summed E-state index contributed by atoms with van der Waals surface area (Å²) in [7, 11) is -3.14. The molecule has 0 rings (SSSR count). The van der Waals surface area contributed by atoms with Crippen LogP contribution >= 0.6 is 7.29 Å². The third-order valence-electron chi connectivity index (χ3n) is 3.19. The summed E-state index contributed by atoms with van der Waals surface area (Å²) in [6.45, 7) is 6.12. The quantitative estimate of drug-likeness (QED) is 0.483. The van der Waals surface area contributed by atoms with Crippen molar-refractivity contribution >= 4 is 19.4 Å². The fourth-order valence-corrected chi connectivity index (χ4v) is 4.86. The first kappa shape index (κ1) is 20.0. The van der Waals surface area contributed by atoms with Crippen LogP contribution in [-0.4, -0.2) is 35.7 Å². The van der Waals surface area contributed by atoms with Crippen LogP contribution in [0.1, 0.15) is 59.3 Å². The Balaban J connectivity index is 5.07. The van der Waals surface area contributed by atoms with Gasteiger partial charge in [0, 0.05) is 12.3 Å². The molecule has 0 aromatic rings. The number of ether oxygens (including phenoxy) is 1. The molecule has 0 aromatic heterocycles. The molecule has 0 atom stereocenters. The number of nitrogens with two attached hydrogens (primary N) is 1. The van der Waals surface area contributed by atoms with Gasteiger partial charge >= 0.3 is 12.1 Å². The predicted molar refractivity (Wildman–Crippen MR) is 84.8 cm³/mol. The number of unbranched alkanes of at least 4 members (excludes halogenated alkanes) is 3. The highest BCUT2D eigenvalue weighted by Crippen LogP contribution is 2.51. The van der Waals surface area contributed by atoms with E-state index in [9.17, 15) is 14.2 Å². The molecule has 0 spiro atoms. The Bertz CT molecular complexity index is 362. The second kappa shape index (κ2) is 10.7. The average molecular weight is 320 g/mol. The van der Waals surface area contributed by atoms with Crippen molar-refractivity contribution in [2.45, 2.75) is 59.3 Å². The van der Waals surface area contributed by atoms with Gasteiger partial charge in [0.2, 0.25) is 0 Å². The Morgan fingerprint density at radius 3 is 1.86 bits per heavy atom. The first-order valence-electron chi connectivity index (χ1n) is 7.77. The molecule has 0 bridgehead atoms. The smallest absolute Gasteiger partial charge is 0.423 e. The van der Waals surface area contributed by atoms with Crippen molar-refractivity contribution in [2.75, 3.05) is 18.9 Å². The third-order valence-corrected chi connectivity index (χ3v) is 6.31. The number of primary amides is 1. The van der Waals surface area contributed by atoms with Crippen molar-refractivity contribution < 1.29 is 18.9 Å². The Labute approximate surface area is 127 Å². The highest BCUT2D eigenvalue weighted by atomic mass is 31.2. The summed E-state index contributed by atoms with van der Waals surface area (Å²) < 4.78 is 18.8. The molecule has 0 unspecified atom stereocenters. The normalized spacial score (nSPS) is 11.2. The molecule has 0 aliphatic heterocycles. The van der Waals surface area contributed by atoms with Crippen LogP contribution in [0, 0.1) is 0 Å². The summed E-state index contributed by atoms with van der Waals surface area (Å²) in [6.07, 6.45) is 4.39. The van der Waals surface area contributed by atoms with Gasteiger partial charge in [-0.3, -0.25) is 4.57 Å². The minimum Gasteiger partial charge on any atom is -0.449 e. The van der Waals surface area contributed by atoms with Gasteiger partial charge in [-0.25, -0.2) is 9.59 Å². The maximum absolute atomic E-state index is 13.1. The third kappa shape index (κ3) is 6.98. The van der Waals surface area contributed by atoms with Gasteiger partial charge in [-0.2, -0.15) is 4.67 Å². The van der Waals surface area contributed by atoms with E-state index in [1.165, 1.54) is 0 Å². The standard InChI is InChI=1S/C14H29N2O4P/c1-4-7-10-20-14(18)16(13(15)17)21(19,11-8-5-2)12-9-6-3/h4-12H2,1-3H3,(H2,15,17). The lowest BCUT2D eigenvalue weighted by molar-refractivity contribution is 0.128. The van der Waals surface area contributed by atoms with Crippen LogP contribution in [0.2, 0.25) is 0 Å². The Kier molecular flexibility index (Phi) is 10.1. The van der Waals surface area contributed by atoms with Crippen molar-refractivity contribution in [3.8, 4) is 0 Å².